The van der Waals surface area contributed by atoms with E-state index in [0.717, 1.165) is 61.5 Å². The molecule has 4 heterocycles. The van der Waals surface area contributed by atoms with Gasteiger partial charge in [0, 0.05) is 37.7 Å². The van der Waals surface area contributed by atoms with Gasteiger partial charge in [0.2, 0.25) is 11.6 Å². The zero-order valence-corrected chi connectivity index (χ0v) is 15.7. The molecule has 2 aliphatic heterocycles. The van der Waals surface area contributed by atoms with Crippen molar-refractivity contribution in [1.82, 2.24) is 14.9 Å². The molecule has 0 N–H and O–H groups in total. The van der Waals surface area contributed by atoms with Crippen LogP contribution in [0.1, 0.15) is 30.0 Å². The third-order valence-corrected chi connectivity index (χ3v) is 5.59. The van der Waals surface area contributed by atoms with Crippen molar-refractivity contribution in [2.45, 2.75) is 33.6 Å². The van der Waals surface area contributed by atoms with Crippen molar-refractivity contribution < 1.29 is 13.9 Å². The Balaban J connectivity index is 1.51. The molecular formula is C19H26N4O3. The van der Waals surface area contributed by atoms with Crippen LogP contribution in [-0.2, 0) is 9.53 Å². The fourth-order valence-electron chi connectivity index (χ4n) is 3.94. The van der Waals surface area contributed by atoms with E-state index in [4.69, 9.17) is 14.1 Å². The fraction of sp³-hybridized carbons (Fsp3) is 0.632. The molecule has 0 unspecified atom stereocenters. The van der Waals surface area contributed by atoms with Gasteiger partial charge >= 0.3 is 0 Å². The maximum absolute atomic E-state index is 12.7. The van der Waals surface area contributed by atoms with Gasteiger partial charge < -0.3 is 19.0 Å². The van der Waals surface area contributed by atoms with Gasteiger partial charge in [-0.25, -0.2) is 4.98 Å². The summed E-state index contributed by atoms with van der Waals surface area (Å²) in [4.78, 5) is 26.1. The molecule has 140 valence electrons. The first-order valence-corrected chi connectivity index (χ1v) is 9.40. The molecule has 2 fully saturated rings. The minimum atomic E-state index is 0.106. The normalized spacial score (nSPS) is 19.3. The first-order chi connectivity index (χ1) is 12.5. The second kappa shape index (κ2) is 6.87. The molecule has 4 rings (SSSR count). The standard InChI is InChI=1S/C19H26N4O3/c1-12-13(2)26-18-16(12)17(20-14(3)21-18)22-6-4-15(5-7-22)19(24)23-8-10-25-11-9-23/h15H,4-11H2,1-3H3. The van der Waals surface area contributed by atoms with Crippen molar-refractivity contribution in [2.24, 2.45) is 5.92 Å². The van der Waals surface area contributed by atoms with Crippen LogP contribution in [0.4, 0.5) is 5.82 Å². The van der Waals surface area contributed by atoms with Crippen LogP contribution in [0.3, 0.4) is 0 Å². The van der Waals surface area contributed by atoms with Gasteiger partial charge in [-0.2, -0.15) is 4.98 Å². The molecule has 0 saturated carbocycles. The summed E-state index contributed by atoms with van der Waals surface area (Å²) in [6, 6.07) is 0. The Kier molecular flexibility index (Phi) is 4.56. The van der Waals surface area contributed by atoms with E-state index in [9.17, 15) is 4.79 Å². The molecular weight excluding hydrogens is 332 g/mol. The summed E-state index contributed by atoms with van der Waals surface area (Å²) in [6.45, 7) is 10.3. The lowest BCUT2D eigenvalue weighted by molar-refractivity contribution is -0.140. The predicted molar refractivity (Wildman–Crippen MR) is 98.4 cm³/mol. The number of hydrogen-bond acceptors (Lipinski definition) is 6. The van der Waals surface area contributed by atoms with Crippen LogP contribution in [0.5, 0.6) is 0 Å². The number of furan rings is 1. The number of carbonyl (C=O) groups excluding carboxylic acids is 1. The number of carbonyl (C=O) groups is 1. The van der Waals surface area contributed by atoms with E-state index in [1.807, 2.05) is 18.7 Å². The van der Waals surface area contributed by atoms with Crippen LogP contribution in [0.15, 0.2) is 4.42 Å². The lowest BCUT2D eigenvalue weighted by atomic mass is 9.95. The number of amides is 1. The molecule has 0 atom stereocenters. The minimum absolute atomic E-state index is 0.106. The van der Waals surface area contributed by atoms with Crippen LogP contribution in [0, 0.1) is 26.7 Å². The molecule has 2 aliphatic rings. The molecule has 0 radical (unpaired) electrons. The predicted octanol–water partition coefficient (Wildman–Crippen LogP) is 2.22. The van der Waals surface area contributed by atoms with Crippen LogP contribution < -0.4 is 4.90 Å². The Morgan fingerprint density at radius 2 is 1.73 bits per heavy atom. The highest BCUT2D eigenvalue weighted by molar-refractivity contribution is 5.90. The van der Waals surface area contributed by atoms with Gasteiger partial charge in [0.25, 0.3) is 0 Å². The molecule has 0 spiro atoms. The number of aryl methyl sites for hydroxylation is 3. The highest BCUT2D eigenvalue weighted by atomic mass is 16.5. The van der Waals surface area contributed by atoms with Gasteiger partial charge in [0.1, 0.15) is 17.4 Å². The van der Waals surface area contributed by atoms with Crippen molar-refractivity contribution in [3.05, 3.63) is 17.1 Å². The second-order valence-electron chi connectivity index (χ2n) is 7.26. The maximum Gasteiger partial charge on any atom is 0.231 e. The quantitative estimate of drug-likeness (QED) is 0.820. The lowest BCUT2D eigenvalue weighted by Crippen LogP contribution is -2.47. The van der Waals surface area contributed by atoms with Crippen molar-refractivity contribution in [3.8, 4) is 0 Å². The van der Waals surface area contributed by atoms with E-state index in [2.05, 4.69) is 16.8 Å². The van der Waals surface area contributed by atoms with Crippen LogP contribution >= 0.6 is 0 Å². The molecule has 26 heavy (non-hydrogen) atoms. The summed E-state index contributed by atoms with van der Waals surface area (Å²) in [5.74, 6) is 2.94. The summed E-state index contributed by atoms with van der Waals surface area (Å²) in [7, 11) is 0. The maximum atomic E-state index is 12.7. The first-order valence-electron chi connectivity index (χ1n) is 9.40. The number of ether oxygens (including phenoxy) is 1. The number of aromatic nitrogens is 2. The van der Waals surface area contributed by atoms with Gasteiger partial charge in [-0.15, -0.1) is 0 Å². The smallest absolute Gasteiger partial charge is 0.231 e. The molecule has 1 amide bonds. The minimum Gasteiger partial charge on any atom is -0.443 e. The van der Waals surface area contributed by atoms with Crippen LogP contribution in [0.25, 0.3) is 11.1 Å². The van der Waals surface area contributed by atoms with Gasteiger partial charge in [0.15, 0.2) is 0 Å². The third kappa shape index (κ3) is 3.05. The SMILES string of the molecule is Cc1nc(N2CCC(C(=O)N3CCOCC3)CC2)c2c(C)c(C)oc2n1. The number of rotatable bonds is 2. The van der Waals surface area contributed by atoms with Crippen LogP contribution in [0.2, 0.25) is 0 Å². The number of anilines is 1. The van der Waals surface area contributed by atoms with E-state index < -0.39 is 0 Å². The van der Waals surface area contributed by atoms with E-state index in [1.54, 1.807) is 0 Å². The zero-order chi connectivity index (χ0) is 18.3. The molecule has 0 aromatic carbocycles. The van der Waals surface area contributed by atoms with Crippen molar-refractivity contribution in [1.29, 1.82) is 0 Å². The van der Waals surface area contributed by atoms with Crippen LogP contribution in [-0.4, -0.2) is 60.2 Å². The average Bonchev–Trinajstić information content (AvgIpc) is 2.95. The monoisotopic (exact) mass is 358 g/mol. The first kappa shape index (κ1) is 17.3. The molecule has 2 aromatic heterocycles. The summed E-state index contributed by atoms with van der Waals surface area (Å²) < 4.78 is 11.2. The largest absolute Gasteiger partial charge is 0.443 e. The van der Waals surface area contributed by atoms with E-state index in [1.165, 1.54) is 0 Å². The Morgan fingerprint density at radius 3 is 2.42 bits per heavy atom. The second-order valence-corrected chi connectivity index (χ2v) is 7.26. The van der Waals surface area contributed by atoms with E-state index in [0.29, 0.717) is 24.8 Å². The lowest BCUT2D eigenvalue weighted by Gasteiger charge is -2.36. The summed E-state index contributed by atoms with van der Waals surface area (Å²) >= 11 is 0. The van der Waals surface area contributed by atoms with Gasteiger partial charge in [-0.05, 0) is 33.6 Å². The Bertz CT molecular complexity index is 818. The van der Waals surface area contributed by atoms with E-state index in [-0.39, 0.29) is 11.8 Å². The van der Waals surface area contributed by atoms with E-state index >= 15 is 0 Å². The topological polar surface area (TPSA) is 71.7 Å². The number of fused-ring (bicyclic) bond motifs is 1. The van der Waals surface area contributed by atoms with Gasteiger partial charge in [-0.3, -0.25) is 4.79 Å². The molecule has 7 nitrogen and oxygen atoms in total. The Labute approximate surface area is 153 Å². The van der Waals surface area contributed by atoms with Crippen molar-refractivity contribution in [2.75, 3.05) is 44.3 Å². The summed E-state index contributed by atoms with van der Waals surface area (Å²) in [6.07, 6.45) is 1.72. The summed E-state index contributed by atoms with van der Waals surface area (Å²) in [5.41, 5.74) is 1.76. The molecule has 2 aromatic rings. The Morgan fingerprint density at radius 1 is 1.04 bits per heavy atom. The highest BCUT2D eigenvalue weighted by Crippen LogP contribution is 2.33. The zero-order valence-electron chi connectivity index (χ0n) is 15.7. The average molecular weight is 358 g/mol. The summed E-state index contributed by atoms with van der Waals surface area (Å²) in [5, 5.41) is 1.01. The molecule has 2 saturated heterocycles. The Hall–Kier alpha value is -2.15. The van der Waals surface area contributed by atoms with Crippen molar-refractivity contribution >= 4 is 22.8 Å². The molecule has 0 bridgehead atoms. The number of hydrogen-bond donors (Lipinski definition) is 0. The highest BCUT2D eigenvalue weighted by Gasteiger charge is 2.31. The molecule has 0 aliphatic carbocycles. The van der Waals surface area contributed by atoms with Gasteiger partial charge in [0.05, 0.1) is 18.6 Å². The number of morpholine rings is 1. The fourth-order valence-corrected chi connectivity index (χ4v) is 3.94. The molecule has 7 heteroatoms. The van der Waals surface area contributed by atoms with Gasteiger partial charge in [-0.1, -0.05) is 0 Å². The third-order valence-electron chi connectivity index (χ3n) is 5.59. The van der Waals surface area contributed by atoms with Crippen molar-refractivity contribution in [3.63, 3.8) is 0 Å². The number of piperidine rings is 1. The number of nitrogens with zero attached hydrogens (tertiary/aromatic N) is 4.